The van der Waals surface area contributed by atoms with Crippen LogP contribution in [0.25, 0.3) is 10.8 Å². The fourth-order valence-corrected chi connectivity index (χ4v) is 1.48. The Kier molecular flexibility index (Phi) is 1.54. The molecule has 0 aromatic carbocycles. The summed E-state index contributed by atoms with van der Waals surface area (Å²) in [6, 6.07) is 3.69. The lowest BCUT2D eigenvalue weighted by molar-refractivity contribution is 0.582. The Hall–Kier alpha value is -1.03. The third-order valence-electron chi connectivity index (χ3n) is 1.25. The molecule has 0 unspecified atom stereocenters. The van der Waals surface area contributed by atoms with Crippen molar-refractivity contribution in [3.05, 3.63) is 23.8 Å². The highest BCUT2D eigenvalue weighted by Crippen LogP contribution is 2.20. The van der Waals surface area contributed by atoms with Crippen molar-refractivity contribution < 1.29 is 4.42 Å². The average Bonchev–Trinajstić information content (AvgIpc) is 2.55. The molecular formula is C7H4BNOS. The molecule has 0 atom stereocenters. The topological polar surface area (TPSA) is 26.0 Å². The van der Waals surface area contributed by atoms with Crippen LogP contribution in [-0.2, 0) is 0 Å². The van der Waals surface area contributed by atoms with E-state index in [4.69, 9.17) is 12.3 Å². The molecule has 2 aromatic heterocycles. The summed E-state index contributed by atoms with van der Waals surface area (Å²) in [6.45, 7) is 0. The van der Waals surface area contributed by atoms with E-state index in [1.54, 1.807) is 11.6 Å². The zero-order chi connectivity index (χ0) is 7.68. The van der Waals surface area contributed by atoms with Gasteiger partial charge in [0.15, 0.2) is 10.8 Å². The van der Waals surface area contributed by atoms with Gasteiger partial charge in [0.25, 0.3) is 0 Å². The molecule has 0 saturated heterocycles. The highest BCUT2D eigenvalue weighted by molar-refractivity contribution is 7.13. The van der Waals surface area contributed by atoms with Gasteiger partial charge in [-0.2, -0.15) is 0 Å². The van der Waals surface area contributed by atoms with Gasteiger partial charge in [0.1, 0.15) is 7.85 Å². The fourth-order valence-electron chi connectivity index (χ4n) is 0.800. The van der Waals surface area contributed by atoms with E-state index in [1.807, 2.05) is 12.1 Å². The number of rotatable bonds is 1. The maximum atomic E-state index is 5.44. The van der Waals surface area contributed by atoms with Crippen LogP contribution in [0.5, 0.6) is 0 Å². The first-order valence-electron chi connectivity index (χ1n) is 3.11. The lowest BCUT2D eigenvalue weighted by Gasteiger charge is -1.84. The zero-order valence-electron chi connectivity index (χ0n) is 5.65. The minimum Gasteiger partial charge on any atom is -0.462 e. The Morgan fingerprint density at radius 1 is 1.55 bits per heavy atom. The largest absolute Gasteiger partial charge is 0.462 e. The molecular weight excluding hydrogens is 157 g/mol. The van der Waals surface area contributed by atoms with Crippen LogP contribution in [0.1, 0.15) is 0 Å². The van der Waals surface area contributed by atoms with Gasteiger partial charge in [-0.05, 0) is 17.7 Å². The van der Waals surface area contributed by atoms with Gasteiger partial charge in [0.05, 0.1) is 6.26 Å². The second-order valence-electron chi connectivity index (χ2n) is 2.05. The summed E-state index contributed by atoms with van der Waals surface area (Å²) in [5.41, 5.74) is 0.543. The summed E-state index contributed by atoms with van der Waals surface area (Å²) in [5, 5.41) is 2.62. The van der Waals surface area contributed by atoms with Crippen LogP contribution >= 0.6 is 11.3 Å². The minimum atomic E-state index is 0.543. The maximum Gasteiger partial charge on any atom is 0.162 e. The molecule has 0 N–H and O–H groups in total. The third kappa shape index (κ3) is 1.21. The summed E-state index contributed by atoms with van der Waals surface area (Å²) in [4.78, 5) is 4.06. The van der Waals surface area contributed by atoms with Crippen LogP contribution in [0.3, 0.4) is 0 Å². The molecule has 2 radical (unpaired) electrons. The second kappa shape index (κ2) is 2.55. The van der Waals surface area contributed by atoms with Crippen LogP contribution in [0.4, 0.5) is 0 Å². The molecule has 0 bridgehead atoms. The van der Waals surface area contributed by atoms with Gasteiger partial charge in [0.2, 0.25) is 0 Å². The number of thiazole rings is 1. The van der Waals surface area contributed by atoms with Gasteiger partial charge in [-0.3, -0.25) is 0 Å². The highest BCUT2D eigenvalue weighted by Gasteiger charge is 2.02. The summed E-state index contributed by atoms with van der Waals surface area (Å²) >= 11 is 1.48. The van der Waals surface area contributed by atoms with Gasteiger partial charge in [-0.15, -0.1) is 11.3 Å². The summed E-state index contributed by atoms with van der Waals surface area (Å²) in [7, 11) is 5.44. The molecule has 0 aliphatic rings. The smallest absolute Gasteiger partial charge is 0.162 e. The normalized spacial score (nSPS) is 10.2. The predicted octanol–water partition coefficient (Wildman–Crippen LogP) is 1.20. The maximum absolute atomic E-state index is 5.44. The van der Waals surface area contributed by atoms with Gasteiger partial charge < -0.3 is 4.42 Å². The van der Waals surface area contributed by atoms with Gasteiger partial charge in [-0.25, -0.2) is 4.98 Å². The Labute approximate surface area is 69.3 Å². The van der Waals surface area contributed by atoms with E-state index < -0.39 is 0 Å². The van der Waals surface area contributed by atoms with E-state index in [0.717, 1.165) is 10.8 Å². The zero-order valence-corrected chi connectivity index (χ0v) is 6.47. The quantitative estimate of drug-likeness (QED) is 0.587. The summed E-state index contributed by atoms with van der Waals surface area (Å²) < 4.78 is 5.13. The first kappa shape index (κ1) is 6.67. The lowest BCUT2D eigenvalue weighted by Crippen LogP contribution is -2.00. The van der Waals surface area contributed by atoms with E-state index in [1.165, 1.54) is 11.3 Å². The van der Waals surface area contributed by atoms with Crippen molar-refractivity contribution in [2.75, 3.05) is 0 Å². The molecule has 0 amide bonds. The molecule has 4 heteroatoms. The molecule has 0 saturated carbocycles. The Bertz CT molecular complexity index is 341. The van der Waals surface area contributed by atoms with E-state index in [0.29, 0.717) is 5.59 Å². The van der Waals surface area contributed by atoms with Gasteiger partial charge >= 0.3 is 0 Å². The molecule has 2 nitrogen and oxygen atoms in total. The van der Waals surface area contributed by atoms with Crippen molar-refractivity contribution in [1.29, 1.82) is 0 Å². The molecule has 0 fully saturated rings. The van der Waals surface area contributed by atoms with Crippen LogP contribution < -0.4 is 5.59 Å². The Morgan fingerprint density at radius 2 is 2.45 bits per heavy atom. The summed E-state index contributed by atoms with van der Waals surface area (Å²) in [5.74, 6) is 0.770. The molecule has 52 valence electrons. The molecule has 0 aliphatic carbocycles. The minimum absolute atomic E-state index is 0.543. The van der Waals surface area contributed by atoms with Crippen LogP contribution in [0.15, 0.2) is 28.2 Å². The number of furan rings is 1. The number of hydrogen-bond donors (Lipinski definition) is 0. The molecule has 2 rings (SSSR count). The Morgan fingerprint density at radius 3 is 3.00 bits per heavy atom. The van der Waals surface area contributed by atoms with Crippen LogP contribution in [0, 0.1) is 0 Å². The van der Waals surface area contributed by atoms with Gasteiger partial charge in [0, 0.05) is 5.38 Å². The third-order valence-corrected chi connectivity index (χ3v) is 2.13. The highest BCUT2D eigenvalue weighted by atomic mass is 32.1. The van der Waals surface area contributed by atoms with Crippen LogP contribution in [-0.4, -0.2) is 12.8 Å². The first-order chi connectivity index (χ1) is 5.36. The van der Waals surface area contributed by atoms with E-state index >= 15 is 0 Å². The fraction of sp³-hybridized carbons (Fsp3) is 0. The standard InChI is InChI=1S/C7H4BNOS/c8-6-4-11-7(9-6)5-2-1-3-10-5/h1-4H. The van der Waals surface area contributed by atoms with Crippen molar-refractivity contribution in [3.8, 4) is 10.8 Å². The van der Waals surface area contributed by atoms with Gasteiger partial charge in [-0.1, -0.05) is 0 Å². The number of nitrogens with zero attached hydrogens (tertiary/aromatic N) is 1. The molecule has 0 aliphatic heterocycles. The molecule has 11 heavy (non-hydrogen) atoms. The van der Waals surface area contributed by atoms with E-state index in [2.05, 4.69) is 4.98 Å². The van der Waals surface area contributed by atoms with E-state index in [-0.39, 0.29) is 0 Å². The average molecular weight is 161 g/mol. The molecule has 2 heterocycles. The lowest BCUT2D eigenvalue weighted by atomic mass is 10.1. The first-order valence-corrected chi connectivity index (χ1v) is 3.99. The molecule has 2 aromatic rings. The SMILES string of the molecule is [B]c1csc(-c2ccco2)n1. The van der Waals surface area contributed by atoms with Crippen molar-refractivity contribution in [2.24, 2.45) is 0 Å². The van der Waals surface area contributed by atoms with Crippen molar-refractivity contribution in [2.45, 2.75) is 0 Å². The molecule has 0 spiro atoms. The van der Waals surface area contributed by atoms with Crippen molar-refractivity contribution in [1.82, 2.24) is 4.98 Å². The Balaban J connectivity index is 2.45. The number of aromatic nitrogens is 1. The van der Waals surface area contributed by atoms with Crippen molar-refractivity contribution >= 4 is 24.8 Å². The van der Waals surface area contributed by atoms with E-state index in [9.17, 15) is 0 Å². The number of hydrogen-bond acceptors (Lipinski definition) is 3. The monoisotopic (exact) mass is 161 g/mol. The van der Waals surface area contributed by atoms with Crippen molar-refractivity contribution in [3.63, 3.8) is 0 Å². The second-order valence-corrected chi connectivity index (χ2v) is 2.91. The summed E-state index contributed by atoms with van der Waals surface area (Å²) in [6.07, 6.45) is 1.62. The van der Waals surface area contributed by atoms with Crippen LogP contribution in [0.2, 0.25) is 0 Å². The predicted molar refractivity (Wildman–Crippen MR) is 45.2 cm³/mol.